The van der Waals surface area contributed by atoms with Gasteiger partial charge in [-0.1, -0.05) is 12.1 Å². The third-order valence-electron chi connectivity index (χ3n) is 3.45. The summed E-state index contributed by atoms with van der Waals surface area (Å²) < 4.78 is 28.3. The molecule has 1 aromatic carbocycles. The number of alkyl halides is 2. The molecule has 0 aliphatic rings. The molecule has 5 nitrogen and oxygen atoms in total. The molecule has 21 heavy (non-hydrogen) atoms. The number of halogens is 2. The highest BCUT2D eigenvalue weighted by atomic mass is 19.3. The lowest BCUT2D eigenvalue weighted by Gasteiger charge is -2.32. The number of aryl methyl sites for hydroxylation is 1. The van der Waals surface area contributed by atoms with Gasteiger partial charge < -0.3 is 14.7 Å². The summed E-state index contributed by atoms with van der Waals surface area (Å²) in [4.78, 5) is 23.2. The van der Waals surface area contributed by atoms with Crippen LogP contribution in [-0.4, -0.2) is 41.6 Å². The normalized spacial score (nSPS) is 13.6. The van der Waals surface area contributed by atoms with Gasteiger partial charge in [0.2, 0.25) is 6.41 Å². The summed E-state index contributed by atoms with van der Waals surface area (Å²) in [5, 5.41) is 9.25. The second-order valence-electron chi connectivity index (χ2n) is 4.82. The molecule has 1 atom stereocenters. The number of carboxylic acid groups (broad SMARTS) is 1. The van der Waals surface area contributed by atoms with Crippen LogP contribution in [0, 0.1) is 0 Å². The smallest absolute Gasteiger partial charge is 0.387 e. The molecule has 1 rings (SSSR count). The van der Waals surface area contributed by atoms with E-state index in [0.29, 0.717) is 12.8 Å². The van der Waals surface area contributed by atoms with Crippen LogP contribution in [-0.2, 0) is 16.0 Å². The summed E-state index contributed by atoms with van der Waals surface area (Å²) in [6, 6.07) is 5.95. The first-order chi connectivity index (χ1) is 9.79. The predicted octanol–water partition coefficient (Wildman–Crippen LogP) is 2.15. The van der Waals surface area contributed by atoms with Crippen molar-refractivity contribution in [3.63, 3.8) is 0 Å². The summed E-state index contributed by atoms with van der Waals surface area (Å²) in [7, 11) is 1.40. The number of aliphatic carboxylic acids is 1. The molecule has 0 aliphatic heterocycles. The van der Waals surface area contributed by atoms with Crippen molar-refractivity contribution in [1.82, 2.24) is 4.90 Å². The Bertz CT molecular complexity index is 492. The van der Waals surface area contributed by atoms with E-state index in [1.54, 1.807) is 12.1 Å². The number of carboxylic acids is 1. The fourth-order valence-corrected chi connectivity index (χ4v) is 1.78. The van der Waals surface area contributed by atoms with Crippen molar-refractivity contribution >= 4 is 12.4 Å². The second-order valence-corrected chi connectivity index (χ2v) is 4.82. The first-order valence-electron chi connectivity index (χ1n) is 6.25. The van der Waals surface area contributed by atoms with Crippen LogP contribution < -0.4 is 4.74 Å². The molecule has 0 heterocycles. The lowest BCUT2D eigenvalue weighted by Crippen LogP contribution is -2.50. The zero-order chi connectivity index (χ0) is 16.0. The van der Waals surface area contributed by atoms with Crippen molar-refractivity contribution < 1.29 is 28.2 Å². The van der Waals surface area contributed by atoms with Crippen LogP contribution in [0.3, 0.4) is 0 Å². The average molecular weight is 301 g/mol. The van der Waals surface area contributed by atoms with Gasteiger partial charge in [-0.3, -0.25) is 4.79 Å². The Morgan fingerprint density at radius 2 is 2.00 bits per heavy atom. The predicted molar refractivity (Wildman–Crippen MR) is 71.3 cm³/mol. The van der Waals surface area contributed by atoms with Gasteiger partial charge in [0.05, 0.1) is 0 Å². The monoisotopic (exact) mass is 301 g/mol. The first-order valence-corrected chi connectivity index (χ1v) is 6.25. The number of hydrogen-bond acceptors (Lipinski definition) is 3. The number of likely N-dealkylation sites (N-methyl/N-ethyl adjacent to an activating group) is 1. The Hall–Kier alpha value is -2.18. The van der Waals surface area contributed by atoms with Crippen LogP contribution in [0.15, 0.2) is 24.3 Å². The second kappa shape index (κ2) is 7.01. The Morgan fingerprint density at radius 3 is 2.43 bits per heavy atom. The van der Waals surface area contributed by atoms with Crippen LogP contribution in [0.25, 0.3) is 0 Å². The van der Waals surface area contributed by atoms with Crippen molar-refractivity contribution in [2.45, 2.75) is 31.9 Å². The van der Waals surface area contributed by atoms with Crippen LogP contribution in [0.2, 0.25) is 0 Å². The van der Waals surface area contributed by atoms with Gasteiger partial charge in [-0.2, -0.15) is 8.78 Å². The van der Waals surface area contributed by atoms with Crippen molar-refractivity contribution in [2.24, 2.45) is 0 Å². The fourth-order valence-electron chi connectivity index (χ4n) is 1.78. The minimum atomic E-state index is -2.88. The summed E-state index contributed by atoms with van der Waals surface area (Å²) in [6.45, 7) is -1.43. The molecule has 0 fully saturated rings. The zero-order valence-electron chi connectivity index (χ0n) is 11.8. The van der Waals surface area contributed by atoms with E-state index in [0.717, 1.165) is 10.5 Å². The van der Waals surface area contributed by atoms with Crippen molar-refractivity contribution in [1.29, 1.82) is 0 Å². The molecule has 0 aromatic heterocycles. The van der Waals surface area contributed by atoms with Crippen LogP contribution >= 0.6 is 0 Å². The molecule has 1 N–H and O–H groups in total. The maximum atomic E-state index is 12.0. The number of rotatable bonds is 8. The van der Waals surface area contributed by atoms with Gasteiger partial charge in [0.15, 0.2) is 0 Å². The first kappa shape index (κ1) is 16.9. The highest BCUT2D eigenvalue weighted by Gasteiger charge is 2.36. The number of amides is 1. The van der Waals surface area contributed by atoms with Gasteiger partial charge in [0.1, 0.15) is 11.3 Å². The maximum absolute atomic E-state index is 12.0. The van der Waals surface area contributed by atoms with Crippen molar-refractivity contribution in [3.8, 4) is 5.75 Å². The van der Waals surface area contributed by atoms with Crippen LogP contribution in [0.4, 0.5) is 8.78 Å². The van der Waals surface area contributed by atoms with E-state index in [9.17, 15) is 23.5 Å². The molecule has 0 saturated heterocycles. The van der Waals surface area contributed by atoms with E-state index < -0.39 is 18.1 Å². The molecule has 1 aromatic rings. The standard InChI is InChI=1S/C14H17F2NO4/c1-14(12(19)20,17(2)9-18)8-7-10-3-5-11(6-4-10)21-13(15)16/h3-6,9,13H,7-8H2,1-2H3,(H,19,20). The average Bonchev–Trinajstić information content (AvgIpc) is 2.44. The number of hydrogen-bond donors (Lipinski definition) is 1. The summed E-state index contributed by atoms with van der Waals surface area (Å²) in [5.41, 5.74) is -0.553. The van der Waals surface area contributed by atoms with Crippen LogP contribution in [0.5, 0.6) is 5.75 Å². The van der Waals surface area contributed by atoms with E-state index in [2.05, 4.69) is 4.74 Å². The van der Waals surface area contributed by atoms with Gasteiger partial charge in [-0.05, 0) is 37.5 Å². The van der Waals surface area contributed by atoms with E-state index in [-0.39, 0.29) is 12.2 Å². The Morgan fingerprint density at radius 1 is 1.43 bits per heavy atom. The Labute approximate surface area is 121 Å². The fraction of sp³-hybridized carbons (Fsp3) is 0.429. The number of nitrogens with zero attached hydrogens (tertiary/aromatic N) is 1. The van der Waals surface area contributed by atoms with Crippen molar-refractivity contribution in [3.05, 3.63) is 29.8 Å². The van der Waals surface area contributed by atoms with Gasteiger partial charge in [-0.15, -0.1) is 0 Å². The highest BCUT2D eigenvalue weighted by Crippen LogP contribution is 2.22. The molecule has 7 heteroatoms. The molecule has 1 unspecified atom stereocenters. The van der Waals surface area contributed by atoms with E-state index >= 15 is 0 Å². The molecule has 0 bridgehead atoms. The number of carbonyl (C=O) groups excluding carboxylic acids is 1. The third kappa shape index (κ3) is 4.40. The van der Waals surface area contributed by atoms with E-state index in [4.69, 9.17) is 0 Å². The minimum absolute atomic E-state index is 0.0414. The lowest BCUT2D eigenvalue weighted by atomic mass is 9.92. The number of carbonyl (C=O) groups is 2. The van der Waals surface area contributed by atoms with Gasteiger partial charge >= 0.3 is 12.6 Å². The lowest BCUT2D eigenvalue weighted by molar-refractivity contribution is -0.153. The molecule has 0 saturated carbocycles. The molecular formula is C14H17F2NO4. The summed E-state index contributed by atoms with van der Waals surface area (Å²) >= 11 is 0. The summed E-state index contributed by atoms with van der Waals surface area (Å²) in [6.07, 6.45) is 1.05. The largest absolute Gasteiger partial charge is 0.480 e. The van der Waals surface area contributed by atoms with Gasteiger partial charge in [0, 0.05) is 7.05 Å². The SMILES string of the molecule is CN(C=O)C(C)(CCc1ccc(OC(F)F)cc1)C(=O)O. The van der Waals surface area contributed by atoms with Gasteiger partial charge in [0.25, 0.3) is 0 Å². The Kier molecular flexibility index (Phi) is 5.63. The zero-order valence-corrected chi connectivity index (χ0v) is 11.8. The molecule has 0 aliphatic carbocycles. The highest BCUT2D eigenvalue weighted by molar-refractivity contribution is 5.80. The molecule has 0 spiro atoms. The quantitative estimate of drug-likeness (QED) is 0.747. The van der Waals surface area contributed by atoms with E-state index in [1.807, 2.05) is 0 Å². The van der Waals surface area contributed by atoms with E-state index in [1.165, 1.54) is 26.1 Å². The van der Waals surface area contributed by atoms with Crippen LogP contribution in [0.1, 0.15) is 18.9 Å². The molecular weight excluding hydrogens is 284 g/mol. The van der Waals surface area contributed by atoms with Crippen molar-refractivity contribution in [2.75, 3.05) is 7.05 Å². The topological polar surface area (TPSA) is 66.8 Å². The molecule has 116 valence electrons. The molecule has 0 radical (unpaired) electrons. The molecule has 1 amide bonds. The van der Waals surface area contributed by atoms with Gasteiger partial charge in [-0.25, -0.2) is 4.79 Å². The number of ether oxygens (including phenoxy) is 1. The minimum Gasteiger partial charge on any atom is -0.480 e. The number of benzene rings is 1. The maximum Gasteiger partial charge on any atom is 0.387 e. The Balaban J connectivity index is 2.72. The third-order valence-corrected chi connectivity index (χ3v) is 3.45. The summed E-state index contributed by atoms with van der Waals surface area (Å²) in [5.74, 6) is -1.06.